The lowest BCUT2D eigenvalue weighted by Gasteiger charge is -2.35. The molecule has 2 saturated heterocycles. The van der Waals surface area contributed by atoms with Gasteiger partial charge in [0, 0.05) is 20.0 Å². The van der Waals surface area contributed by atoms with Crippen molar-refractivity contribution in [1.29, 1.82) is 0 Å². The van der Waals surface area contributed by atoms with E-state index in [2.05, 4.69) is 26.6 Å². The van der Waals surface area contributed by atoms with Crippen LogP contribution in [0.5, 0.6) is 5.75 Å². The van der Waals surface area contributed by atoms with Gasteiger partial charge in [0.15, 0.2) is 5.78 Å². The van der Waals surface area contributed by atoms with E-state index in [1.165, 1.54) is 37.8 Å². The third kappa shape index (κ3) is 15.5. The molecule has 1 aromatic rings. The quantitative estimate of drug-likeness (QED) is 0.123. The number of esters is 1. The van der Waals surface area contributed by atoms with Gasteiger partial charge in [-0.15, -0.1) is 0 Å². The van der Waals surface area contributed by atoms with Crippen LogP contribution in [-0.4, -0.2) is 144 Å². The molecule has 67 heavy (non-hydrogen) atoms. The maximum absolute atomic E-state index is 14.7. The van der Waals surface area contributed by atoms with Crippen LogP contribution in [0.1, 0.15) is 113 Å². The lowest BCUT2D eigenvalue weighted by molar-refractivity contribution is -0.162. The summed E-state index contributed by atoms with van der Waals surface area (Å²) in [7, 11) is 4.57. The van der Waals surface area contributed by atoms with E-state index in [0.29, 0.717) is 30.6 Å². The molecule has 6 amide bonds. The number of hydrogen-bond donors (Lipinski definition) is 6. The maximum Gasteiger partial charge on any atom is 0.329 e. The van der Waals surface area contributed by atoms with Crippen molar-refractivity contribution in [3.05, 3.63) is 29.8 Å². The number of benzene rings is 1. The van der Waals surface area contributed by atoms with Gasteiger partial charge >= 0.3 is 5.97 Å². The summed E-state index contributed by atoms with van der Waals surface area (Å²) in [5.74, 6) is -7.03. The van der Waals surface area contributed by atoms with Gasteiger partial charge in [-0.1, -0.05) is 73.9 Å². The molecule has 18 nitrogen and oxygen atoms in total. The number of carbonyl (C=O) groups excluding carboxylic acids is 8. The van der Waals surface area contributed by atoms with Crippen molar-refractivity contribution in [2.24, 2.45) is 29.6 Å². The average molecular weight is 942 g/mol. The standard InChI is InChI=1S/C49H79N7O11/c1-14-29(8)41-38(57)25-39(58)52-40(28(6)7)43(59)30(9)44(60)51-35(23-27(4)5)47(63)56-21-15-16-36(56)48(64)55(12)37(24-32-17-19-33(66-13)20-18-32)49(65)67-31(10)42(46(62)53-41)54-45(61)34(50-11)22-26(2)3/h17-20,26-31,34-38,40-42,50,57H,14-16,21-25H2,1-13H3,(H,51,60)(H,52,58)(H,53,62)(H,54,61)/t29-,30-,31+,34+,35-,36?,37-,38-,40-,41+,42-/m0/s1. The Labute approximate surface area is 397 Å². The first-order chi connectivity index (χ1) is 31.4. The summed E-state index contributed by atoms with van der Waals surface area (Å²) in [6, 6.07) is -1.00. The SMILES string of the molecule is CC[C@H](C)[C@H]1NC(=O)[C@@H](NC(=O)[C@@H](CC(C)C)NC)[C@@H](C)OC(=O)[C@H](Cc2ccc(OC)cc2)N(C)C(=O)C2CCCN2C(=O)[C@H](CC(C)C)NC(=O)[C@@H](C)C(=O)[C@H](C(C)C)NC(=O)C[C@@H]1O. The van der Waals surface area contributed by atoms with E-state index in [0.717, 1.165) is 0 Å². The number of likely N-dealkylation sites (N-methyl/N-ethyl adjacent to an activating group) is 2. The van der Waals surface area contributed by atoms with Gasteiger partial charge in [0.1, 0.15) is 36.0 Å². The summed E-state index contributed by atoms with van der Waals surface area (Å²) >= 11 is 0. The Balaban J connectivity index is 2.23. The number of rotatable bonds is 13. The van der Waals surface area contributed by atoms with Gasteiger partial charge in [-0.25, -0.2) is 4.79 Å². The Hall–Kier alpha value is -5.10. The zero-order chi connectivity index (χ0) is 50.4. The topological polar surface area (TPSA) is 242 Å². The van der Waals surface area contributed by atoms with Crippen LogP contribution in [0.4, 0.5) is 0 Å². The van der Waals surface area contributed by atoms with Crippen molar-refractivity contribution in [3.8, 4) is 5.75 Å². The van der Waals surface area contributed by atoms with Crippen LogP contribution >= 0.6 is 0 Å². The summed E-state index contributed by atoms with van der Waals surface area (Å²) < 4.78 is 11.4. The number of aliphatic hydroxyl groups excluding tert-OH is 1. The number of ether oxygens (including phenoxy) is 2. The van der Waals surface area contributed by atoms with Gasteiger partial charge in [-0.05, 0) is 87.9 Å². The van der Waals surface area contributed by atoms with Crippen LogP contribution in [0, 0.1) is 29.6 Å². The predicted molar refractivity (Wildman–Crippen MR) is 252 cm³/mol. The molecule has 1 unspecified atom stereocenters. The normalized spacial score (nSPS) is 27.8. The molecule has 2 aliphatic rings. The number of carbonyl (C=O) groups is 8. The zero-order valence-electron chi connectivity index (χ0n) is 42.0. The number of fused-ring (bicyclic) bond motifs is 1. The van der Waals surface area contributed by atoms with Crippen molar-refractivity contribution in [3.63, 3.8) is 0 Å². The Kier molecular flexibility index (Phi) is 21.7. The first kappa shape index (κ1) is 56.2. The molecule has 0 aliphatic carbocycles. The van der Waals surface area contributed by atoms with Crippen LogP contribution in [0.2, 0.25) is 0 Å². The second kappa shape index (κ2) is 25.9. The van der Waals surface area contributed by atoms with Gasteiger partial charge in [0.25, 0.3) is 0 Å². The highest BCUT2D eigenvalue weighted by Gasteiger charge is 2.44. The zero-order valence-corrected chi connectivity index (χ0v) is 42.0. The Bertz CT molecular complexity index is 1870. The molecule has 11 atom stereocenters. The minimum atomic E-state index is -1.52. The molecular weight excluding hydrogens is 863 g/mol. The van der Waals surface area contributed by atoms with Crippen LogP contribution in [0.3, 0.4) is 0 Å². The monoisotopic (exact) mass is 942 g/mol. The number of hydrogen-bond acceptors (Lipinski definition) is 12. The molecule has 2 aliphatic heterocycles. The molecule has 2 heterocycles. The molecule has 0 saturated carbocycles. The molecule has 18 heteroatoms. The summed E-state index contributed by atoms with van der Waals surface area (Å²) in [4.78, 5) is 116. The van der Waals surface area contributed by atoms with E-state index >= 15 is 0 Å². The van der Waals surface area contributed by atoms with E-state index in [1.807, 2.05) is 34.6 Å². The second-order valence-corrected chi connectivity index (χ2v) is 19.6. The van der Waals surface area contributed by atoms with E-state index in [-0.39, 0.29) is 37.6 Å². The van der Waals surface area contributed by atoms with E-state index in [4.69, 9.17) is 9.47 Å². The van der Waals surface area contributed by atoms with Gasteiger partial charge in [0.05, 0.1) is 43.7 Å². The lowest BCUT2D eigenvalue weighted by atomic mass is 9.89. The Morgan fingerprint density at radius 2 is 1.55 bits per heavy atom. The molecule has 1 aromatic carbocycles. The molecular formula is C49H79N7O11. The first-order valence-corrected chi connectivity index (χ1v) is 24.0. The molecule has 0 bridgehead atoms. The molecule has 376 valence electrons. The fourth-order valence-electron chi connectivity index (χ4n) is 8.68. The smallest absolute Gasteiger partial charge is 0.329 e. The van der Waals surface area contributed by atoms with Crippen molar-refractivity contribution in [2.45, 2.75) is 169 Å². The lowest BCUT2D eigenvalue weighted by Crippen LogP contribution is -2.61. The minimum Gasteiger partial charge on any atom is -0.497 e. The van der Waals surface area contributed by atoms with Crippen molar-refractivity contribution >= 4 is 47.2 Å². The molecule has 6 N–H and O–H groups in total. The first-order valence-electron chi connectivity index (χ1n) is 24.0. The number of nitrogens with zero attached hydrogens (tertiary/aromatic N) is 2. The van der Waals surface area contributed by atoms with Gasteiger partial charge in [0.2, 0.25) is 35.4 Å². The third-order valence-electron chi connectivity index (χ3n) is 13.0. The molecule has 0 spiro atoms. The third-order valence-corrected chi connectivity index (χ3v) is 13.0. The number of ketones is 1. The van der Waals surface area contributed by atoms with Crippen molar-refractivity contribution < 1.29 is 52.9 Å². The highest BCUT2D eigenvalue weighted by atomic mass is 16.5. The van der Waals surface area contributed by atoms with E-state index in [1.54, 1.807) is 52.1 Å². The molecule has 3 rings (SSSR count). The Morgan fingerprint density at radius 3 is 2.10 bits per heavy atom. The summed E-state index contributed by atoms with van der Waals surface area (Å²) in [5, 5.41) is 25.7. The highest BCUT2D eigenvalue weighted by Crippen LogP contribution is 2.25. The van der Waals surface area contributed by atoms with Crippen molar-refractivity contribution in [1.82, 2.24) is 36.4 Å². The van der Waals surface area contributed by atoms with Gasteiger partial charge in [-0.3, -0.25) is 33.6 Å². The average Bonchev–Trinajstić information content (AvgIpc) is 3.77. The van der Waals surface area contributed by atoms with Crippen LogP contribution in [0.15, 0.2) is 24.3 Å². The van der Waals surface area contributed by atoms with E-state index < -0.39 is 126 Å². The minimum absolute atomic E-state index is 0.0441. The van der Waals surface area contributed by atoms with E-state index in [9.17, 15) is 43.5 Å². The number of amides is 6. The number of Topliss-reactive ketones (excluding diaryl/α,β-unsaturated/α-hetero) is 1. The van der Waals surface area contributed by atoms with Crippen LogP contribution < -0.4 is 31.3 Å². The summed E-state index contributed by atoms with van der Waals surface area (Å²) in [6.45, 7) is 17.7. The second-order valence-electron chi connectivity index (χ2n) is 19.6. The molecule has 2 fully saturated rings. The van der Waals surface area contributed by atoms with Gasteiger partial charge < -0.3 is 51.0 Å². The van der Waals surface area contributed by atoms with Gasteiger partial charge in [-0.2, -0.15) is 0 Å². The van der Waals surface area contributed by atoms with Crippen LogP contribution in [0.25, 0.3) is 0 Å². The predicted octanol–water partition coefficient (Wildman–Crippen LogP) is 2.28. The van der Waals surface area contributed by atoms with Crippen LogP contribution in [-0.2, 0) is 49.5 Å². The number of methoxy groups -OCH3 is 1. The fraction of sp³-hybridized carbons (Fsp3) is 0.714. The number of aliphatic hydroxyl groups is 1. The number of nitrogens with one attached hydrogen (secondary N) is 5. The molecule has 0 aromatic heterocycles. The highest BCUT2D eigenvalue weighted by molar-refractivity contribution is 6.06. The largest absolute Gasteiger partial charge is 0.497 e. The fourth-order valence-corrected chi connectivity index (χ4v) is 8.68. The summed E-state index contributed by atoms with van der Waals surface area (Å²) in [5.41, 5.74) is 0.636. The Morgan fingerprint density at radius 1 is 0.910 bits per heavy atom. The number of cyclic esters (lactones) is 1. The van der Waals surface area contributed by atoms with Crippen molar-refractivity contribution in [2.75, 3.05) is 27.7 Å². The molecule has 0 radical (unpaired) electrons. The summed E-state index contributed by atoms with van der Waals surface area (Å²) in [6.07, 6.45) is -1.64. The maximum atomic E-state index is 14.7.